The van der Waals surface area contributed by atoms with Crippen LogP contribution in [0.3, 0.4) is 0 Å². The molecule has 0 saturated carbocycles. The fourth-order valence-corrected chi connectivity index (χ4v) is 3.20. The Kier molecular flexibility index (Phi) is 4.33. The third-order valence-corrected chi connectivity index (χ3v) is 4.11. The number of pyridine rings is 1. The number of nitrogens with one attached hydrogen (secondary N) is 1. The molecule has 2 atom stereocenters. The van der Waals surface area contributed by atoms with E-state index < -0.39 is 0 Å². The van der Waals surface area contributed by atoms with E-state index in [-0.39, 0.29) is 6.04 Å². The molecule has 2 unspecified atom stereocenters. The molecule has 18 heavy (non-hydrogen) atoms. The van der Waals surface area contributed by atoms with Gasteiger partial charge in [-0.2, -0.15) is 0 Å². The highest BCUT2D eigenvalue weighted by molar-refractivity contribution is 7.10. The van der Waals surface area contributed by atoms with Gasteiger partial charge < -0.3 is 10.1 Å². The number of nitrogens with zero attached hydrogens (tertiary/aromatic N) is 1. The van der Waals surface area contributed by atoms with Gasteiger partial charge in [0, 0.05) is 17.8 Å². The van der Waals surface area contributed by atoms with Crippen molar-refractivity contribution in [1.29, 1.82) is 0 Å². The van der Waals surface area contributed by atoms with Crippen molar-refractivity contribution in [3.05, 3.63) is 46.4 Å². The van der Waals surface area contributed by atoms with Gasteiger partial charge in [0.25, 0.3) is 0 Å². The summed E-state index contributed by atoms with van der Waals surface area (Å²) in [5, 5.41) is 5.43. The van der Waals surface area contributed by atoms with Crippen LogP contribution < -0.4 is 10.1 Å². The van der Waals surface area contributed by atoms with Crippen LogP contribution in [0.25, 0.3) is 0 Å². The zero-order chi connectivity index (χ0) is 13.0. The van der Waals surface area contributed by atoms with Crippen LogP contribution in [0, 0.1) is 0 Å². The summed E-state index contributed by atoms with van der Waals surface area (Å²) in [6, 6.07) is 8.26. The van der Waals surface area contributed by atoms with Gasteiger partial charge in [-0.05, 0) is 30.6 Å². The maximum Gasteiger partial charge on any atom is 0.134 e. The van der Waals surface area contributed by atoms with E-state index in [1.165, 1.54) is 4.88 Å². The number of rotatable bonds is 5. The molecule has 0 aliphatic heterocycles. The third-order valence-electron chi connectivity index (χ3n) is 3.12. The second kappa shape index (κ2) is 5.98. The molecule has 0 radical (unpaired) electrons. The highest BCUT2D eigenvalue weighted by Crippen LogP contribution is 2.38. The van der Waals surface area contributed by atoms with Crippen molar-refractivity contribution >= 4 is 11.3 Å². The molecule has 4 heteroatoms. The Bertz CT molecular complexity index is 484. The van der Waals surface area contributed by atoms with Gasteiger partial charge >= 0.3 is 0 Å². The minimum atomic E-state index is 0.217. The summed E-state index contributed by atoms with van der Waals surface area (Å²) in [6.45, 7) is 2.18. The molecule has 96 valence electrons. The minimum Gasteiger partial charge on any atom is -0.496 e. The molecule has 0 fully saturated rings. The first-order valence-electron chi connectivity index (χ1n) is 5.97. The first-order chi connectivity index (χ1) is 8.77. The van der Waals surface area contributed by atoms with Crippen molar-refractivity contribution in [3.63, 3.8) is 0 Å². The zero-order valence-corrected chi connectivity index (χ0v) is 11.7. The van der Waals surface area contributed by atoms with Crippen molar-refractivity contribution in [1.82, 2.24) is 10.3 Å². The van der Waals surface area contributed by atoms with E-state index >= 15 is 0 Å². The normalized spacial score (nSPS) is 14.2. The van der Waals surface area contributed by atoms with Gasteiger partial charge in [-0.25, -0.2) is 0 Å². The largest absolute Gasteiger partial charge is 0.496 e. The second-order valence-electron chi connectivity index (χ2n) is 4.16. The lowest BCUT2D eigenvalue weighted by molar-refractivity contribution is 0.398. The van der Waals surface area contributed by atoms with E-state index in [0.29, 0.717) is 5.92 Å². The van der Waals surface area contributed by atoms with Crippen LogP contribution in [0.1, 0.15) is 29.5 Å². The Morgan fingerprint density at radius 2 is 2.17 bits per heavy atom. The van der Waals surface area contributed by atoms with Gasteiger partial charge in [0.15, 0.2) is 0 Å². The topological polar surface area (TPSA) is 34.1 Å². The van der Waals surface area contributed by atoms with Crippen LogP contribution in [-0.2, 0) is 0 Å². The molecule has 1 N–H and O–H groups in total. The van der Waals surface area contributed by atoms with Crippen LogP contribution in [0.15, 0.2) is 35.8 Å². The highest BCUT2D eigenvalue weighted by atomic mass is 32.1. The van der Waals surface area contributed by atoms with E-state index in [0.717, 1.165) is 11.4 Å². The molecule has 2 aromatic rings. The molecule has 0 spiro atoms. The number of ether oxygens (including phenoxy) is 1. The summed E-state index contributed by atoms with van der Waals surface area (Å²) in [5.74, 6) is 1.24. The summed E-state index contributed by atoms with van der Waals surface area (Å²) in [7, 11) is 3.69. The van der Waals surface area contributed by atoms with Gasteiger partial charge in [-0.1, -0.05) is 13.0 Å². The van der Waals surface area contributed by atoms with Crippen LogP contribution in [0.5, 0.6) is 5.75 Å². The fourth-order valence-electron chi connectivity index (χ4n) is 2.13. The Hall–Kier alpha value is -1.39. The molecular weight excluding hydrogens is 244 g/mol. The number of thiophene rings is 1. The van der Waals surface area contributed by atoms with Gasteiger partial charge in [0.1, 0.15) is 5.75 Å². The number of hydrogen-bond donors (Lipinski definition) is 1. The molecule has 0 bridgehead atoms. The van der Waals surface area contributed by atoms with Gasteiger partial charge in [-0.3, -0.25) is 4.98 Å². The highest BCUT2D eigenvalue weighted by Gasteiger charge is 2.24. The molecular formula is C14H18N2OS. The molecule has 2 heterocycles. The number of aromatic nitrogens is 1. The summed E-state index contributed by atoms with van der Waals surface area (Å²) < 4.78 is 5.40. The summed E-state index contributed by atoms with van der Waals surface area (Å²) in [5.41, 5.74) is 1.09. The standard InChI is InChI=1S/C14H18N2OS/c1-10(11-6-4-5-8-16-11)13(15-2)14-12(17-3)7-9-18-14/h4-10,13,15H,1-3H3. The van der Waals surface area contributed by atoms with E-state index in [9.17, 15) is 0 Å². The molecule has 2 aromatic heterocycles. The van der Waals surface area contributed by atoms with Gasteiger partial charge in [0.05, 0.1) is 18.0 Å². The molecule has 0 saturated heterocycles. The Labute approximate surface area is 112 Å². The van der Waals surface area contributed by atoms with Crippen molar-refractivity contribution < 1.29 is 4.74 Å². The van der Waals surface area contributed by atoms with Crippen LogP contribution in [-0.4, -0.2) is 19.1 Å². The first-order valence-corrected chi connectivity index (χ1v) is 6.85. The molecule has 0 aliphatic carbocycles. The minimum absolute atomic E-state index is 0.217. The van der Waals surface area contributed by atoms with Gasteiger partial charge in [-0.15, -0.1) is 11.3 Å². The summed E-state index contributed by atoms with van der Waals surface area (Å²) in [4.78, 5) is 5.66. The van der Waals surface area contributed by atoms with E-state index in [1.807, 2.05) is 31.4 Å². The average Bonchev–Trinajstić information content (AvgIpc) is 2.89. The Balaban J connectivity index is 2.29. The Morgan fingerprint density at radius 1 is 1.33 bits per heavy atom. The van der Waals surface area contributed by atoms with Crippen molar-refractivity contribution in [2.24, 2.45) is 0 Å². The fraction of sp³-hybridized carbons (Fsp3) is 0.357. The summed E-state index contributed by atoms with van der Waals surface area (Å²) >= 11 is 1.71. The number of methoxy groups -OCH3 is 1. The smallest absolute Gasteiger partial charge is 0.134 e. The predicted molar refractivity (Wildman–Crippen MR) is 75.3 cm³/mol. The Morgan fingerprint density at radius 3 is 2.78 bits per heavy atom. The molecule has 0 amide bonds. The second-order valence-corrected chi connectivity index (χ2v) is 5.11. The van der Waals surface area contributed by atoms with E-state index in [4.69, 9.17) is 4.74 Å². The van der Waals surface area contributed by atoms with Gasteiger partial charge in [0.2, 0.25) is 0 Å². The van der Waals surface area contributed by atoms with Crippen LogP contribution in [0.4, 0.5) is 0 Å². The molecule has 0 aliphatic rings. The monoisotopic (exact) mass is 262 g/mol. The average molecular weight is 262 g/mol. The molecule has 2 rings (SSSR count). The van der Waals surface area contributed by atoms with Crippen LogP contribution >= 0.6 is 11.3 Å². The maximum atomic E-state index is 5.40. The summed E-state index contributed by atoms with van der Waals surface area (Å²) in [6.07, 6.45) is 1.84. The third kappa shape index (κ3) is 2.54. The quantitative estimate of drug-likeness (QED) is 0.898. The number of likely N-dealkylation sites (N-methyl/N-ethyl adjacent to an activating group) is 1. The molecule has 0 aromatic carbocycles. The lowest BCUT2D eigenvalue weighted by Gasteiger charge is -2.23. The predicted octanol–water partition coefficient (Wildman–Crippen LogP) is 3.22. The van der Waals surface area contributed by atoms with Crippen LogP contribution in [0.2, 0.25) is 0 Å². The lowest BCUT2D eigenvalue weighted by atomic mass is 9.96. The zero-order valence-electron chi connectivity index (χ0n) is 10.9. The number of hydrogen-bond acceptors (Lipinski definition) is 4. The SMILES string of the molecule is CNC(c1sccc1OC)C(C)c1ccccn1. The van der Waals surface area contributed by atoms with E-state index in [2.05, 4.69) is 28.7 Å². The van der Waals surface area contributed by atoms with Crippen molar-refractivity contribution in [2.75, 3.05) is 14.2 Å². The van der Waals surface area contributed by atoms with E-state index in [1.54, 1.807) is 18.4 Å². The lowest BCUT2D eigenvalue weighted by Crippen LogP contribution is -2.22. The first kappa shape index (κ1) is 13.1. The maximum absolute atomic E-state index is 5.40. The molecule has 3 nitrogen and oxygen atoms in total. The van der Waals surface area contributed by atoms with Crippen molar-refractivity contribution in [3.8, 4) is 5.75 Å². The van der Waals surface area contributed by atoms with Crippen molar-refractivity contribution in [2.45, 2.75) is 18.9 Å².